The predicted molar refractivity (Wildman–Crippen MR) is 156 cm³/mol. The molecular formula is C27H22BrClN2O3S2. The lowest BCUT2D eigenvalue weighted by molar-refractivity contribution is -0.118. The molecule has 0 radical (unpaired) electrons. The molecule has 0 saturated carbocycles. The first kappa shape index (κ1) is 26.4. The molecule has 184 valence electrons. The third-order valence-corrected chi connectivity index (χ3v) is 7.89. The number of rotatable bonds is 7. The van der Waals surface area contributed by atoms with E-state index < -0.39 is 0 Å². The Labute approximate surface area is 233 Å². The van der Waals surface area contributed by atoms with Gasteiger partial charge in [0.2, 0.25) is 0 Å². The van der Waals surface area contributed by atoms with Gasteiger partial charge < -0.3 is 10.1 Å². The topological polar surface area (TPSA) is 58.6 Å². The molecule has 1 heterocycles. The van der Waals surface area contributed by atoms with Crippen molar-refractivity contribution in [3.63, 3.8) is 0 Å². The van der Waals surface area contributed by atoms with E-state index in [2.05, 4.69) is 35.1 Å². The maximum Gasteiger partial charge on any atom is 0.270 e. The van der Waals surface area contributed by atoms with Crippen LogP contribution < -0.4 is 15.0 Å². The van der Waals surface area contributed by atoms with E-state index >= 15 is 0 Å². The van der Waals surface area contributed by atoms with E-state index in [0.29, 0.717) is 31.6 Å². The molecule has 9 heteroatoms. The van der Waals surface area contributed by atoms with Crippen LogP contribution in [0.1, 0.15) is 30.9 Å². The molecule has 3 aromatic carbocycles. The molecule has 0 aliphatic carbocycles. The van der Waals surface area contributed by atoms with Crippen LogP contribution in [-0.4, -0.2) is 22.7 Å². The van der Waals surface area contributed by atoms with Crippen molar-refractivity contribution < 1.29 is 14.3 Å². The lowest BCUT2D eigenvalue weighted by Crippen LogP contribution is -2.27. The van der Waals surface area contributed by atoms with Gasteiger partial charge in [0.15, 0.2) is 10.9 Å². The van der Waals surface area contributed by atoms with Crippen LogP contribution in [-0.2, 0) is 9.59 Å². The van der Waals surface area contributed by atoms with Crippen LogP contribution in [0.15, 0.2) is 76.1 Å². The van der Waals surface area contributed by atoms with Crippen LogP contribution in [0, 0.1) is 0 Å². The third-order valence-electron chi connectivity index (χ3n) is 5.36. The minimum atomic E-state index is -0.233. The molecule has 0 aromatic heterocycles. The molecular weight excluding hydrogens is 580 g/mol. The fraction of sp³-hybridized carbons (Fsp3) is 0.148. The molecule has 0 bridgehead atoms. The average molecular weight is 602 g/mol. The predicted octanol–water partition coefficient (Wildman–Crippen LogP) is 7.65. The van der Waals surface area contributed by atoms with Gasteiger partial charge in [-0.15, -0.1) is 0 Å². The van der Waals surface area contributed by atoms with Crippen LogP contribution in [0.2, 0.25) is 5.02 Å². The number of hydrogen-bond acceptors (Lipinski definition) is 5. The van der Waals surface area contributed by atoms with Gasteiger partial charge in [0, 0.05) is 10.2 Å². The van der Waals surface area contributed by atoms with E-state index in [1.165, 1.54) is 16.7 Å². The van der Waals surface area contributed by atoms with Crippen molar-refractivity contribution in [2.45, 2.75) is 19.8 Å². The van der Waals surface area contributed by atoms with Gasteiger partial charge in [0.05, 0.1) is 15.6 Å². The second kappa shape index (κ2) is 11.6. The molecule has 5 nitrogen and oxygen atoms in total. The summed E-state index contributed by atoms with van der Waals surface area (Å²) >= 11 is 16.2. The van der Waals surface area contributed by atoms with Crippen LogP contribution >= 0.6 is 51.5 Å². The molecule has 4 rings (SSSR count). The van der Waals surface area contributed by atoms with E-state index in [1.54, 1.807) is 36.4 Å². The summed E-state index contributed by atoms with van der Waals surface area (Å²) in [6.45, 7) is 4.05. The summed E-state index contributed by atoms with van der Waals surface area (Å²) in [4.78, 5) is 27.4. The van der Waals surface area contributed by atoms with Crippen molar-refractivity contribution >= 4 is 85.1 Å². The van der Waals surface area contributed by atoms with Gasteiger partial charge in [0.1, 0.15) is 5.75 Å². The molecule has 1 N–H and O–H groups in total. The smallest absolute Gasteiger partial charge is 0.270 e. The number of anilines is 2. The Morgan fingerprint density at radius 3 is 2.58 bits per heavy atom. The molecule has 0 spiro atoms. The first-order valence-corrected chi connectivity index (χ1v) is 13.5. The zero-order valence-corrected chi connectivity index (χ0v) is 23.4. The van der Waals surface area contributed by atoms with E-state index in [9.17, 15) is 9.59 Å². The monoisotopic (exact) mass is 600 g/mol. The highest BCUT2D eigenvalue weighted by atomic mass is 79.9. The lowest BCUT2D eigenvalue weighted by atomic mass is 10.0. The van der Waals surface area contributed by atoms with Crippen LogP contribution in [0.25, 0.3) is 6.08 Å². The Morgan fingerprint density at radius 2 is 1.89 bits per heavy atom. The fourth-order valence-corrected chi connectivity index (χ4v) is 5.30. The zero-order chi connectivity index (χ0) is 25.8. The molecule has 0 atom stereocenters. The Hall–Kier alpha value is -2.65. The highest BCUT2D eigenvalue weighted by molar-refractivity contribution is 9.10. The molecule has 1 saturated heterocycles. The summed E-state index contributed by atoms with van der Waals surface area (Å²) in [5.41, 5.74) is 3.29. The van der Waals surface area contributed by atoms with Crippen molar-refractivity contribution in [3.8, 4) is 5.75 Å². The summed E-state index contributed by atoms with van der Waals surface area (Å²) < 4.78 is 6.83. The van der Waals surface area contributed by atoms with Crippen molar-refractivity contribution in [1.29, 1.82) is 0 Å². The summed E-state index contributed by atoms with van der Waals surface area (Å²) in [6, 6.07) is 20.2. The number of thiocarbonyl (C=S) groups is 1. The SMILES string of the molecule is CC(C)c1ccccc1NC(=O)COc1ccc(/C=C2/SC(=S)N(c3ccc(Br)c(Cl)c3)C2=O)cc1. The highest BCUT2D eigenvalue weighted by Crippen LogP contribution is 2.38. The minimum Gasteiger partial charge on any atom is -0.484 e. The quantitative estimate of drug-likeness (QED) is 0.223. The second-order valence-corrected chi connectivity index (χ2v) is 11.2. The number of para-hydroxylation sites is 1. The maximum atomic E-state index is 13.0. The normalized spacial score (nSPS) is 14.6. The number of benzene rings is 3. The summed E-state index contributed by atoms with van der Waals surface area (Å²) in [7, 11) is 0. The van der Waals surface area contributed by atoms with Gasteiger partial charge >= 0.3 is 0 Å². The first-order valence-electron chi connectivity index (χ1n) is 11.1. The number of nitrogens with zero attached hydrogens (tertiary/aromatic N) is 1. The first-order chi connectivity index (χ1) is 17.2. The number of carbonyl (C=O) groups excluding carboxylic acids is 2. The Bertz CT molecular complexity index is 1360. The Kier molecular flexibility index (Phi) is 8.51. The van der Waals surface area contributed by atoms with Crippen molar-refractivity contribution in [1.82, 2.24) is 0 Å². The van der Waals surface area contributed by atoms with Gasteiger partial charge in [-0.2, -0.15) is 0 Å². The number of amides is 2. The molecule has 0 unspecified atom stereocenters. The van der Waals surface area contributed by atoms with E-state index in [4.69, 9.17) is 28.6 Å². The largest absolute Gasteiger partial charge is 0.484 e. The van der Waals surface area contributed by atoms with Crippen LogP contribution in [0.3, 0.4) is 0 Å². The van der Waals surface area contributed by atoms with Crippen molar-refractivity contribution in [3.05, 3.63) is 92.3 Å². The van der Waals surface area contributed by atoms with Gasteiger partial charge in [-0.3, -0.25) is 14.5 Å². The lowest BCUT2D eigenvalue weighted by Gasteiger charge is -2.15. The second-order valence-electron chi connectivity index (χ2n) is 8.26. The van der Waals surface area contributed by atoms with E-state index in [1.807, 2.05) is 36.4 Å². The minimum absolute atomic E-state index is 0.111. The molecule has 1 aliphatic heterocycles. The molecule has 1 aliphatic rings. The van der Waals surface area contributed by atoms with Gasteiger partial charge in [-0.05, 0) is 75.4 Å². The molecule has 1 fully saturated rings. The van der Waals surface area contributed by atoms with Crippen molar-refractivity contribution in [2.24, 2.45) is 0 Å². The number of carbonyl (C=O) groups is 2. The number of hydrogen-bond donors (Lipinski definition) is 1. The summed E-state index contributed by atoms with van der Waals surface area (Å²) in [5, 5.41) is 3.41. The Balaban J connectivity index is 1.38. The zero-order valence-electron chi connectivity index (χ0n) is 19.5. The van der Waals surface area contributed by atoms with Crippen molar-refractivity contribution in [2.75, 3.05) is 16.8 Å². The van der Waals surface area contributed by atoms with Gasteiger partial charge in [0.25, 0.3) is 11.8 Å². The average Bonchev–Trinajstić information content (AvgIpc) is 3.13. The number of halogens is 2. The maximum absolute atomic E-state index is 13.0. The Morgan fingerprint density at radius 1 is 1.17 bits per heavy atom. The standard InChI is InChI=1S/C27H22BrClN2O3S2/c1-16(2)20-5-3-4-6-23(20)30-25(32)15-34-19-10-7-17(8-11-19)13-24-26(33)31(27(35)36-24)18-9-12-21(28)22(29)14-18/h3-14,16H,15H2,1-2H3,(H,30,32)/b24-13+. The molecule has 36 heavy (non-hydrogen) atoms. The van der Waals surface area contributed by atoms with Crippen LogP contribution in [0.5, 0.6) is 5.75 Å². The molecule has 2 amide bonds. The summed E-state index contributed by atoms with van der Waals surface area (Å²) in [6.07, 6.45) is 1.78. The molecule has 3 aromatic rings. The van der Waals surface area contributed by atoms with E-state index in [0.717, 1.165) is 21.3 Å². The number of thioether (sulfide) groups is 1. The number of ether oxygens (including phenoxy) is 1. The fourth-order valence-electron chi connectivity index (χ4n) is 3.58. The third kappa shape index (κ3) is 6.18. The van der Waals surface area contributed by atoms with Gasteiger partial charge in [-0.25, -0.2) is 0 Å². The highest BCUT2D eigenvalue weighted by Gasteiger charge is 2.33. The number of nitrogens with one attached hydrogen (secondary N) is 1. The van der Waals surface area contributed by atoms with Crippen LogP contribution in [0.4, 0.5) is 11.4 Å². The summed E-state index contributed by atoms with van der Waals surface area (Å²) in [5.74, 6) is 0.408. The van der Waals surface area contributed by atoms with Gasteiger partial charge in [-0.1, -0.05) is 79.8 Å². The van der Waals surface area contributed by atoms with E-state index in [-0.39, 0.29) is 18.4 Å².